The van der Waals surface area contributed by atoms with Crippen molar-refractivity contribution in [3.63, 3.8) is 0 Å². The Morgan fingerprint density at radius 1 is 1.00 bits per heavy atom. The van der Waals surface area contributed by atoms with E-state index in [4.69, 9.17) is 0 Å². The fourth-order valence-corrected chi connectivity index (χ4v) is 3.05. The molecule has 0 amide bonds. The maximum absolute atomic E-state index is 12.5. The molecule has 0 saturated carbocycles. The lowest BCUT2D eigenvalue weighted by atomic mass is 10.1. The van der Waals surface area contributed by atoms with Gasteiger partial charge in [0, 0.05) is 16.2 Å². The molecule has 0 saturated heterocycles. The van der Waals surface area contributed by atoms with Crippen molar-refractivity contribution in [3.05, 3.63) is 70.8 Å². The van der Waals surface area contributed by atoms with Crippen LogP contribution in [-0.4, -0.2) is 5.78 Å². The van der Waals surface area contributed by atoms with Gasteiger partial charge < -0.3 is 5.32 Å². The minimum atomic E-state index is 0.0742. The molecule has 1 heterocycles. The summed E-state index contributed by atoms with van der Waals surface area (Å²) >= 11 is 1.54. The van der Waals surface area contributed by atoms with Gasteiger partial charge in [-0.25, -0.2) is 0 Å². The van der Waals surface area contributed by atoms with E-state index >= 15 is 0 Å². The SMILES string of the molecule is CC1=C(C(=O)c2ccccc2)Sc2ccccc2N1. The van der Waals surface area contributed by atoms with Crippen LogP contribution in [0.15, 0.2) is 70.1 Å². The van der Waals surface area contributed by atoms with Gasteiger partial charge in [-0.05, 0) is 19.1 Å². The minimum Gasteiger partial charge on any atom is -0.357 e. The molecule has 19 heavy (non-hydrogen) atoms. The fourth-order valence-electron chi connectivity index (χ4n) is 2.04. The lowest BCUT2D eigenvalue weighted by Crippen LogP contribution is -2.11. The number of hydrogen-bond donors (Lipinski definition) is 1. The van der Waals surface area contributed by atoms with Gasteiger partial charge in [0.05, 0.1) is 10.6 Å². The number of carbonyl (C=O) groups is 1. The van der Waals surface area contributed by atoms with Gasteiger partial charge in [0.25, 0.3) is 0 Å². The maximum Gasteiger partial charge on any atom is 0.201 e. The molecule has 0 aromatic heterocycles. The van der Waals surface area contributed by atoms with E-state index in [1.807, 2.05) is 61.5 Å². The molecule has 94 valence electrons. The van der Waals surface area contributed by atoms with Crippen LogP contribution in [0, 0.1) is 0 Å². The molecule has 0 unspecified atom stereocenters. The Bertz CT molecular complexity index is 661. The number of rotatable bonds is 2. The molecular weight excluding hydrogens is 254 g/mol. The van der Waals surface area contributed by atoms with Crippen molar-refractivity contribution in [3.8, 4) is 0 Å². The lowest BCUT2D eigenvalue weighted by Gasteiger charge is -2.21. The van der Waals surface area contributed by atoms with Gasteiger partial charge in [-0.2, -0.15) is 0 Å². The van der Waals surface area contributed by atoms with Crippen LogP contribution < -0.4 is 5.32 Å². The zero-order valence-electron chi connectivity index (χ0n) is 10.5. The van der Waals surface area contributed by atoms with Crippen LogP contribution in [-0.2, 0) is 0 Å². The summed E-state index contributed by atoms with van der Waals surface area (Å²) in [6, 6.07) is 17.4. The van der Waals surface area contributed by atoms with E-state index in [1.54, 1.807) is 0 Å². The number of allylic oxidation sites excluding steroid dienone is 2. The molecular formula is C16H13NOS. The second-order valence-corrected chi connectivity index (χ2v) is 5.42. The van der Waals surface area contributed by atoms with Crippen molar-refractivity contribution in [2.24, 2.45) is 0 Å². The molecule has 0 atom stereocenters. The summed E-state index contributed by atoms with van der Waals surface area (Å²) < 4.78 is 0. The van der Waals surface area contributed by atoms with Gasteiger partial charge >= 0.3 is 0 Å². The summed E-state index contributed by atoms with van der Waals surface area (Å²) in [4.78, 5) is 14.4. The second-order valence-electron chi connectivity index (χ2n) is 4.37. The Morgan fingerprint density at radius 2 is 1.68 bits per heavy atom. The average molecular weight is 267 g/mol. The number of fused-ring (bicyclic) bond motifs is 1. The summed E-state index contributed by atoms with van der Waals surface area (Å²) in [6.45, 7) is 1.94. The predicted molar refractivity (Wildman–Crippen MR) is 79.4 cm³/mol. The van der Waals surface area contributed by atoms with E-state index in [0.29, 0.717) is 0 Å². The van der Waals surface area contributed by atoms with Crippen molar-refractivity contribution in [1.82, 2.24) is 0 Å². The number of hydrogen-bond acceptors (Lipinski definition) is 3. The van der Waals surface area contributed by atoms with E-state index < -0.39 is 0 Å². The molecule has 1 aliphatic rings. The van der Waals surface area contributed by atoms with Crippen LogP contribution in [0.5, 0.6) is 0 Å². The van der Waals surface area contributed by atoms with Crippen molar-refractivity contribution in [2.75, 3.05) is 5.32 Å². The summed E-state index contributed by atoms with van der Waals surface area (Å²) in [5, 5.41) is 3.30. The smallest absolute Gasteiger partial charge is 0.201 e. The standard InChI is InChI=1S/C16H13NOS/c1-11-16(15(18)12-7-3-2-4-8-12)19-14-10-6-5-9-13(14)17-11/h2-10,17H,1H3. The third-order valence-corrected chi connectivity index (χ3v) is 4.28. The highest BCUT2D eigenvalue weighted by atomic mass is 32.2. The Hall–Kier alpha value is -2.00. The molecule has 0 radical (unpaired) electrons. The zero-order chi connectivity index (χ0) is 13.2. The van der Waals surface area contributed by atoms with Crippen molar-refractivity contribution < 1.29 is 4.79 Å². The van der Waals surface area contributed by atoms with Crippen LogP contribution in [0.3, 0.4) is 0 Å². The largest absolute Gasteiger partial charge is 0.357 e. The number of Topliss-reactive ketones (excluding diaryl/α,β-unsaturated/α-hetero) is 1. The zero-order valence-corrected chi connectivity index (χ0v) is 11.3. The minimum absolute atomic E-state index is 0.0742. The molecule has 2 nitrogen and oxygen atoms in total. The highest BCUT2D eigenvalue weighted by Gasteiger charge is 2.22. The van der Waals surface area contributed by atoms with Gasteiger partial charge in [-0.15, -0.1) is 0 Å². The molecule has 2 aromatic carbocycles. The van der Waals surface area contributed by atoms with Gasteiger partial charge in [-0.3, -0.25) is 4.79 Å². The van der Waals surface area contributed by atoms with Gasteiger partial charge in [-0.1, -0.05) is 54.2 Å². The third-order valence-electron chi connectivity index (χ3n) is 3.00. The topological polar surface area (TPSA) is 29.1 Å². The molecule has 3 heteroatoms. The van der Waals surface area contributed by atoms with Crippen molar-refractivity contribution in [2.45, 2.75) is 11.8 Å². The molecule has 1 aliphatic heterocycles. The number of anilines is 1. The van der Waals surface area contributed by atoms with Gasteiger partial charge in [0.15, 0.2) is 0 Å². The highest BCUT2D eigenvalue weighted by Crippen LogP contribution is 2.40. The molecule has 0 aliphatic carbocycles. The second kappa shape index (κ2) is 4.94. The van der Waals surface area contributed by atoms with Crippen LogP contribution in [0.2, 0.25) is 0 Å². The predicted octanol–water partition coefficient (Wildman–Crippen LogP) is 4.32. The number of carbonyl (C=O) groups excluding carboxylic acids is 1. The van der Waals surface area contributed by atoms with Crippen LogP contribution in [0.25, 0.3) is 0 Å². The molecule has 2 aromatic rings. The first-order chi connectivity index (χ1) is 9.25. The van der Waals surface area contributed by atoms with E-state index in [9.17, 15) is 4.79 Å². The van der Waals surface area contributed by atoms with Gasteiger partial charge in [0.2, 0.25) is 5.78 Å². The number of nitrogens with one attached hydrogen (secondary N) is 1. The van der Waals surface area contributed by atoms with E-state index in [1.165, 1.54) is 11.8 Å². The number of thioether (sulfide) groups is 1. The molecule has 0 bridgehead atoms. The van der Waals surface area contributed by atoms with E-state index in [-0.39, 0.29) is 5.78 Å². The summed E-state index contributed by atoms with van der Waals surface area (Å²) in [5.41, 5.74) is 2.71. The molecule has 1 N–H and O–H groups in total. The first kappa shape index (κ1) is 12.1. The summed E-state index contributed by atoms with van der Waals surface area (Å²) in [6.07, 6.45) is 0. The van der Waals surface area contributed by atoms with Gasteiger partial charge in [0.1, 0.15) is 0 Å². The monoisotopic (exact) mass is 267 g/mol. The van der Waals surface area contributed by atoms with E-state index in [0.717, 1.165) is 26.7 Å². The average Bonchev–Trinajstić information content (AvgIpc) is 2.47. The van der Waals surface area contributed by atoms with Crippen molar-refractivity contribution in [1.29, 1.82) is 0 Å². The Balaban J connectivity index is 1.96. The molecule has 0 fully saturated rings. The van der Waals surface area contributed by atoms with E-state index in [2.05, 4.69) is 5.32 Å². The molecule has 0 spiro atoms. The van der Waals surface area contributed by atoms with Crippen molar-refractivity contribution >= 4 is 23.2 Å². The first-order valence-electron chi connectivity index (χ1n) is 6.10. The summed E-state index contributed by atoms with van der Waals surface area (Å²) in [5.74, 6) is 0.0742. The molecule has 3 rings (SSSR count). The number of para-hydroxylation sites is 1. The van der Waals surface area contributed by atoms with Crippen LogP contribution in [0.4, 0.5) is 5.69 Å². The Kier molecular flexibility index (Phi) is 3.13. The summed E-state index contributed by atoms with van der Waals surface area (Å²) in [7, 11) is 0. The first-order valence-corrected chi connectivity index (χ1v) is 6.92. The normalized spacial score (nSPS) is 13.7. The maximum atomic E-state index is 12.5. The van der Waals surface area contributed by atoms with Crippen LogP contribution >= 0.6 is 11.8 Å². The van der Waals surface area contributed by atoms with Crippen LogP contribution in [0.1, 0.15) is 17.3 Å². The number of ketones is 1. The lowest BCUT2D eigenvalue weighted by molar-refractivity contribution is 0.104. The fraction of sp³-hybridized carbons (Fsp3) is 0.0625. The highest BCUT2D eigenvalue weighted by molar-refractivity contribution is 8.04. The third kappa shape index (κ3) is 2.29. The number of benzene rings is 2. The Labute approximate surface area is 116 Å². The Morgan fingerprint density at radius 3 is 2.47 bits per heavy atom. The quantitative estimate of drug-likeness (QED) is 0.822.